The smallest absolute Gasteiger partial charge is 0.295 e. The molecule has 1 N–H and O–H groups in total. The first-order valence-corrected chi connectivity index (χ1v) is 8.64. The average molecular weight is 362 g/mol. The van der Waals surface area contributed by atoms with Gasteiger partial charge in [-0.15, -0.1) is 16.4 Å². The Morgan fingerprint density at radius 2 is 1.96 bits per heavy atom. The Morgan fingerprint density at radius 3 is 2.58 bits per heavy atom. The standard InChI is InChI=1S/C16H16ClN5OS/c1-4-13-9(2)24-16(19-13)20-15(23)14-18-10(3)22(21-14)12-7-5-11(17)6-8-12/h5-8H,4H2,1-3H3,(H,19,20,23). The number of aromatic nitrogens is 4. The summed E-state index contributed by atoms with van der Waals surface area (Å²) in [4.78, 5) is 22.1. The van der Waals surface area contributed by atoms with Crippen LogP contribution in [0.1, 0.15) is 33.9 Å². The fraction of sp³-hybridized carbons (Fsp3) is 0.250. The zero-order chi connectivity index (χ0) is 17.3. The maximum Gasteiger partial charge on any atom is 0.297 e. The number of carbonyl (C=O) groups is 1. The van der Waals surface area contributed by atoms with Crippen LogP contribution < -0.4 is 5.32 Å². The van der Waals surface area contributed by atoms with Crippen LogP contribution in [-0.4, -0.2) is 25.7 Å². The molecule has 1 amide bonds. The van der Waals surface area contributed by atoms with E-state index in [1.165, 1.54) is 11.3 Å². The molecule has 8 heteroatoms. The number of benzene rings is 1. The first-order valence-electron chi connectivity index (χ1n) is 7.45. The van der Waals surface area contributed by atoms with Gasteiger partial charge in [-0.2, -0.15) is 0 Å². The molecule has 24 heavy (non-hydrogen) atoms. The van der Waals surface area contributed by atoms with Gasteiger partial charge in [0.15, 0.2) is 5.13 Å². The summed E-state index contributed by atoms with van der Waals surface area (Å²) in [6.45, 7) is 5.82. The highest BCUT2D eigenvalue weighted by Gasteiger charge is 2.17. The van der Waals surface area contributed by atoms with Crippen molar-refractivity contribution in [1.82, 2.24) is 19.7 Å². The number of halogens is 1. The quantitative estimate of drug-likeness (QED) is 0.766. The molecule has 0 aliphatic carbocycles. The van der Waals surface area contributed by atoms with Gasteiger partial charge in [0, 0.05) is 9.90 Å². The zero-order valence-electron chi connectivity index (χ0n) is 13.5. The molecule has 3 aromatic rings. The zero-order valence-corrected chi connectivity index (χ0v) is 15.1. The van der Waals surface area contributed by atoms with Crippen molar-refractivity contribution < 1.29 is 4.79 Å². The van der Waals surface area contributed by atoms with Gasteiger partial charge >= 0.3 is 0 Å². The first kappa shape index (κ1) is 16.6. The van der Waals surface area contributed by atoms with E-state index in [0.29, 0.717) is 16.0 Å². The van der Waals surface area contributed by atoms with Gasteiger partial charge in [-0.3, -0.25) is 10.1 Å². The highest BCUT2D eigenvalue weighted by Crippen LogP contribution is 2.22. The predicted molar refractivity (Wildman–Crippen MR) is 95.3 cm³/mol. The molecule has 0 aliphatic heterocycles. The van der Waals surface area contributed by atoms with Crippen LogP contribution in [0, 0.1) is 13.8 Å². The molecule has 124 valence electrons. The fourth-order valence-corrected chi connectivity index (χ4v) is 3.30. The molecule has 0 fully saturated rings. The summed E-state index contributed by atoms with van der Waals surface area (Å²) in [5, 5.41) is 8.25. The van der Waals surface area contributed by atoms with Crippen molar-refractivity contribution >= 4 is 34.0 Å². The Morgan fingerprint density at radius 1 is 1.25 bits per heavy atom. The summed E-state index contributed by atoms with van der Waals surface area (Å²) in [6, 6.07) is 7.18. The number of amides is 1. The largest absolute Gasteiger partial charge is 0.297 e. The molecule has 1 aromatic carbocycles. The molecule has 0 saturated carbocycles. The van der Waals surface area contributed by atoms with Crippen molar-refractivity contribution in [2.45, 2.75) is 27.2 Å². The lowest BCUT2D eigenvalue weighted by molar-refractivity contribution is 0.101. The lowest BCUT2D eigenvalue weighted by Gasteiger charge is -2.02. The molecule has 0 saturated heterocycles. The van der Waals surface area contributed by atoms with Crippen LogP contribution in [0.5, 0.6) is 0 Å². The van der Waals surface area contributed by atoms with Crippen LogP contribution >= 0.6 is 22.9 Å². The van der Waals surface area contributed by atoms with Crippen LogP contribution in [-0.2, 0) is 6.42 Å². The van der Waals surface area contributed by atoms with Crippen LogP contribution in [0.2, 0.25) is 5.02 Å². The predicted octanol–water partition coefficient (Wildman–Crippen LogP) is 3.81. The minimum atomic E-state index is -0.373. The Bertz CT molecular complexity index is 885. The van der Waals surface area contributed by atoms with Crippen molar-refractivity contribution in [3.05, 3.63) is 51.5 Å². The number of rotatable bonds is 4. The van der Waals surface area contributed by atoms with Crippen LogP contribution in [0.25, 0.3) is 5.69 Å². The summed E-state index contributed by atoms with van der Waals surface area (Å²) in [7, 11) is 0. The number of thiazole rings is 1. The Hall–Kier alpha value is -2.25. The number of anilines is 1. The Kier molecular flexibility index (Phi) is 4.64. The van der Waals surface area contributed by atoms with Gasteiger partial charge in [-0.25, -0.2) is 14.6 Å². The molecule has 6 nitrogen and oxygen atoms in total. The highest BCUT2D eigenvalue weighted by molar-refractivity contribution is 7.15. The van der Waals surface area contributed by atoms with Crippen LogP contribution in [0.4, 0.5) is 5.13 Å². The molecule has 0 aliphatic rings. The summed E-state index contributed by atoms with van der Waals surface area (Å²) in [5.41, 5.74) is 1.79. The minimum Gasteiger partial charge on any atom is -0.295 e. The highest BCUT2D eigenvalue weighted by atomic mass is 35.5. The molecule has 0 atom stereocenters. The van der Waals surface area contributed by atoms with Gasteiger partial charge in [0.25, 0.3) is 5.91 Å². The summed E-state index contributed by atoms with van der Waals surface area (Å²) >= 11 is 7.35. The molecule has 2 aromatic heterocycles. The van der Waals surface area contributed by atoms with Crippen molar-refractivity contribution in [3.63, 3.8) is 0 Å². The van der Waals surface area contributed by atoms with Crippen molar-refractivity contribution in [1.29, 1.82) is 0 Å². The van der Waals surface area contributed by atoms with E-state index < -0.39 is 0 Å². The summed E-state index contributed by atoms with van der Waals surface area (Å²) in [6.07, 6.45) is 0.834. The average Bonchev–Trinajstić information content (AvgIpc) is 3.11. The third kappa shape index (κ3) is 3.32. The second-order valence-electron chi connectivity index (χ2n) is 5.20. The van der Waals surface area contributed by atoms with E-state index in [1.54, 1.807) is 23.7 Å². The number of aryl methyl sites for hydroxylation is 3. The van der Waals surface area contributed by atoms with Crippen LogP contribution in [0.3, 0.4) is 0 Å². The third-order valence-corrected chi connectivity index (χ3v) is 4.67. The van der Waals surface area contributed by atoms with E-state index in [1.807, 2.05) is 26.0 Å². The number of hydrogen-bond acceptors (Lipinski definition) is 5. The van der Waals surface area contributed by atoms with Gasteiger partial charge < -0.3 is 0 Å². The van der Waals surface area contributed by atoms with Crippen molar-refractivity contribution in [3.8, 4) is 5.69 Å². The molecule has 0 unspecified atom stereocenters. The minimum absolute atomic E-state index is 0.105. The van der Waals surface area contributed by atoms with E-state index >= 15 is 0 Å². The van der Waals surface area contributed by atoms with Gasteiger partial charge in [0.2, 0.25) is 5.82 Å². The van der Waals surface area contributed by atoms with Crippen LogP contribution in [0.15, 0.2) is 24.3 Å². The lowest BCUT2D eigenvalue weighted by atomic mass is 10.3. The molecule has 0 bridgehead atoms. The SMILES string of the molecule is CCc1nc(NC(=O)c2nc(C)n(-c3ccc(Cl)cc3)n2)sc1C. The lowest BCUT2D eigenvalue weighted by Crippen LogP contribution is -2.14. The molecule has 0 radical (unpaired) electrons. The molecular formula is C16H16ClN5OS. The number of carbonyl (C=O) groups excluding carboxylic acids is 1. The van der Waals surface area contributed by atoms with Gasteiger partial charge in [-0.1, -0.05) is 18.5 Å². The van der Waals surface area contributed by atoms with Gasteiger partial charge in [0.05, 0.1) is 11.4 Å². The monoisotopic (exact) mass is 361 g/mol. The second kappa shape index (κ2) is 6.70. The van der Waals surface area contributed by atoms with E-state index in [2.05, 4.69) is 20.4 Å². The molecular weight excluding hydrogens is 346 g/mol. The number of nitrogens with zero attached hydrogens (tertiary/aromatic N) is 4. The molecule has 2 heterocycles. The van der Waals surface area contributed by atoms with Gasteiger partial charge in [0.1, 0.15) is 5.82 Å². The van der Waals surface area contributed by atoms with E-state index in [-0.39, 0.29) is 11.7 Å². The van der Waals surface area contributed by atoms with Gasteiger partial charge in [-0.05, 0) is 44.5 Å². The number of nitrogens with one attached hydrogen (secondary N) is 1. The fourth-order valence-electron chi connectivity index (χ4n) is 2.28. The molecule has 0 spiro atoms. The Labute approximate surface area is 148 Å². The molecule has 3 rings (SSSR count). The topological polar surface area (TPSA) is 72.7 Å². The maximum atomic E-state index is 12.4. The summed E-state index contributed by atoms with van der Waals surface area (Å²) in [5.74, 6) is 0.350. The van der Waals surface area contributed by atoms with Crippen molar-refractivity contribution in [2.75, 3.05) is 5.32 Å². The second-order valence-corrected chi connectivity index (χ2v) is 6.84. The summed E-state index contributed by atoms with van der Waals surface area (Å²) < 4.78 is 1.61. The van der Waals surface area contributed by atoms with Crippen molar-refractivity contribution in [2.24, 2.45) is 0 Å². The maximum absolute atomic E-state index is 12.4. The third-order valence-electron chi connectivity index (χ3n) is 3.49. The number of hydrogen-bond donors (Lipinski definition) is 1. The van der Waals surface area contributed by atoms with E-state index in [0.717, 1.165) is 22.7 Å². The Balaban J connectivity index is 1.83. The van der Waals surface area contributed by atoms with E-state index in [4.69, 9.17) is 11.6 Å². The first-order chi connectivity index (χ1) is 11.5. The van der Waals surface area contributed by atoms with E-state index in [9.17, 15) is 4.79 Å². The normalized spacial score (nSPS) is 10.8.